The number of carbonyl (C=O) groups is 3. The second kappa shape index (κ2) is 10.9. The number of nitrogens with zero attached hydrogens (tertiary/aromatic N) is 1. The van der Waals surface area contributed by atoms with Crippen molar-refractivity contribution in [3.63, 3.8) is 0 Å². The van der Waals surface area contributed by atoms with Crippen molar-refractivity contribution in [1.29, 1.82) is 0 Å². The highest BCUT2D eigenvalue weighted by atomic mass is 35.5. The van der Waals surface area contributed by atoms with Gasteiger partial charge in [-0.2, -0.15) is 5.10 Å². The van der Waals surface area contributed by atoms with Crippen LogP contribution in [0.25, 0.3) is 0 Å². The number of amides is 2. The van der Waals surface area contributed by atoms with Crippen molar-refractivity contribution in [2.75, 3.05) is 12.4 Å². The van der Waals surface area contributed by atoms with E-state index in [2.05, 4.69) is 15.8 Å². The second-order valence-corrected chi connectivity index (χ2v) is 7.21. The van der Waals surface area contributed by atoms with E-state index in [1.165, 1.54) is 13.3 Å². The standard InChI is InChI=1S/C24H20ClN3O5/c1-15-6-5-7-17(12-15)24(31)33-20-11-10-16(13-21(20)32-2)14-26-28-23(30)22(29)27-19-9-4-3-8-18(19)25/h3-14H,1-2H3,(H,27,29)(H,28,30)/b26-14+. The van der Waals surface area contributed by atoms with Crippen LogP contribution >= 0.6 is 11.6 Å². The van der Waals surface area contributed by atoms with E-state index in [4.69, 9.17) is 21.1 Å². The zero-order valence-corrected chi connectivity index (χ0v) is 18.6. The number of benzene rings is 3. The lowest BCUT2D eigenvalue weighted by Gasteiger charge is -2.10. The van der Waals surface area contributed by atoms with Crippen molar-refractivity contribution in [3.05, 3.63) is 88.4 Å². The van der Waals surface area contributed by atoms with Gasteiger partial charge in [0.2, 0.25) is 0 Å². The molecule has 0 spiro atoms. The highest BCUT2D eigenvalue weighted by Gasteiger charge is 2.15. The Hall–Kier alpha value is -4.17. The molecule has 2 amide bonds. The van der Waals surface area contributed by atoms with E-state index in [1.807, 2.05) is 13.0 Å². The summed E-state index contributed by atoms with van der Waals surface area (Å²) in [5.41, 5.74) is 4.33. The molecule has 0 aliphatic heterocycles. The first-order chi connectivity index (χ1) is 15.9. The van der Waals surface area contributed by atoms with Gasteiger partial charge in [0.25, 0.3) is 0 Å². The maximum Gasteiger partial charge on any atom is 0.343 e. The van der Waals surface area contributed by atoms with Crippen LogP contribution in [-0.4, -0.2) is 31.1 Å². The van der Waals surface area contributed by atoms with Gasteiger partial charge in [0.1, 0.15) is 0 Å². The molecule has 0 atom stereocenters. The van der Waals surface area contributed by atoms with Crippen LogP contribution in [0.5, 0.6) is 11.5 Å². The van der Waals surface area contributed by atoms with E-state index in [0.29, 0.717) is 27.6 Å². The Kier molecular flexibility index (Phi) is 7.77. The molecule has 0 aliphatic rings. The quantitative estimate of drug-likeness (QED) is 0.188. The summed E-state index contributed by atoms with van der Waals surface area (Å²) in [6.07, 6.45) is 1.31. The van der Waals surface area contributed by atoms with Gasteiger partial charge in [0.15, 0.2) is 11.5 Å². The average molecular weight is 466 g/mol. The molecule has 3 aromatic carbocycles. The fraction of sp³-hybridized carbons (Fsp3) is 0.0833. The van der Waals surface area contributed by atoms with Crippen LogP contribution in [0.1, 0.15) is 21.5 Å². The first-order valence-electron chi connectivity index (χ1n) is 9.73. The van der Waals surface area contributed by atoms with Crippen molar-refractivity contribution in [1.82, 2.24) is 5.43 Å². The number of ether oxygens (including phenoxy) is 2. The van der Waals surface area contributed by atoms with E-state index in [1.54, 1.807) is 60.7 Å². The fourth-order valence-corrected chi connectivity index (χ4v) is 2.92. The summed E-state index contributed by atoms with van der Waals surface area (Å²) in [5, 5.41) is 6.47. The molecular formula is C24H20ClN3O5. The minimum atomic E-state index is -0.971. The molecule has 0 radical (unpaired) electrons. The molecule has 0 fully saturated rings. The van der Waals surface area contributed by atoms with E-state index in [0.717, 1.165) is 5.56 Å². The Morgan fingerprint density at radius 3 is 2.45 bits per heavy atom. The first-order valence-corrected chi connectivity index (χ1v) is 10.1. The van der Waals surface area contributed by atoms with Gasteiger partial charge in [-0.05, 0) is 55.0 Å². The van der Waals surface area contributed by atoms with Gasteiger partial charge in [-0.25, -0.2) is 10.2 Å². The monoisotopic (exact) mass is 465 g/mol. The molecule has 0 saturated carbocycles. The van der Waals surface area contributed by atoms with Crippen LogP contribution in [-0.2, 0) is 9.59 Å². The summed E-state index contributed by atoms with van der Waals surface area (Å²) in [4.78, 5) is 36.3. The number of aryl methyl sites for hydroxylation is 1. The number of hydrogen-bond donors (Lipinski definition) is 2. The Morgan fingerprint density at radius 2 is 1.73 bits per heavy atom. The summed E-state index contributed by atoms with van der Waals surface area (Å²) >= 11 is 5.95. The minimum absolute atomic E-state index is 0.226. The first kappa shape index (κ1) is 23.5. The molecule has 2 N–H and O–H groups in total. The van der Waals surface area contributed by atoms with E-state index in [-0.39, 0.29) is 5.75 Å². The largest absolute Gasteiger partial charge is 0.493 e. The summed E-state index contributed by atoms with van der Waals surface area (Å²) < 4.78 is 10.7. The summed E-state index contributed by atoms with van der Waals surface area (Å²) in [6, 6.07) is 18.3. The normalized spacial score (nSPS) is 10.5. The van der Waals surface area contributed by atoms with Gasteiger partial charge in [0.05, 0.1) is 29.6 Å². The van der Waals surface area contributed by atoms with Crippen LogP contribution in [0.15, 0.2) is 71.8 Å². The summed E-state index contributed by atoms with van der Waals surface area (Å²) in [6.45, 7) is 1.88. The number of nitrogens with one attached hydrogen (secondary N) is 2. The maximum atomic E-state index is 12.4. The van der Waals surface area contributed by atoms with Gasteiger partial charge in [-0.15, -0.1) is 0 Å². The number of esters is 1. The van der Waals surface area contributed by atoms with Crippen molar-refractivity contribution >= 4 is 41.3 Å². The smallest absolute Gasteiger partial charge is 0.343 e. The van der Waals surface area contributed by atoms with Gasteiger partial charge in [-0.3, -0.25) is 9.59 Å². The number of hydrazone groups is 1. The lowest BCUT2D eigenvalue weighted by atomic mass is 10.1. The van der Waals surface area contributed by atoms with Crippen molar-refractivity contribution in [3.8, 4) is 11.5 Å². The van der Waals surface area contributed by atoms with Gasteiger partial charge >= 0.3 is 17.8 Å². The number of rotatable bonds is 6. The molecule has 8 nitrogen and oxygen atoms in total. The zero-order chi connectivity index (χ0) is 23.8. The van der Waals surface area contributed by atoms with Crippen LogP contribution in [0.2, 0.25) is 5.02 Å². The predicted octanol–water partition coefficient (Wildman–Crippen LogP) is 3.97. The molecule has 33 heavy (non-hydrogen) atoms. The molecule has 3 rings (SSSR count). The zero-order valence-electron chi connectivity index (χ0n) is 17.8. The Bertz CT molecular complexity index is 1230. The van der Waals surface area contributed by atoms with Crippen LogP contribution in [0.4, 0.5) is 5.69 Å². The predicted molar refractivity (Wildman–Crippen MR) is 125 cm³/mol. The van der Waals surface area contributed by atoms with E-state index >= 15 is 0 Å². The topological polar surface area (TPSA) is 106 Å². The van der Waals surface area contributed by atoms with E-state index < -0.39 is 17.8 Å². The Balaban J connectivity index is 1.62. The molecule has 0 saturated heterocycles. The lowest BCUT2D eigenvalue weighted by Crippen LogP contribution is -2.32. The van der Waals surface area contributed by atoms with Gasteiger partial charge < -0.3 is 14.8 Å². The number of anilines is 1. The average Bonchev–Trinajstić information content (AvgIpc) is 2.81. The number of carbonyl (C=O) groups excluding carboxylic acids is 3. The third-order valence-corrected chi connectivity index (χ3v) is 4.68. The molecule has 9 heteroatoms. The number of halogens is 1. The number of hydrogen-bond acceptors (Lipinski definition) is 6. The van der Waals surface area contributed by atoms with Gasteiger partial charge in [-0.1, -0.05) is 41.4 Å². The van der Waals surface area contributed by atoms with Crippen LogP contribution in [0.3, 0.4) is 0 Å². The minimum Gasteiger partial charge on any atom is -0.493 e. The van der Waals surface area contributed by atoms with Gasteiger partial charge in [0, 0.05) is 0 Å². The molecule has 168 valence electrons. The summed E-state index contributed by atoms with van der Waals surface area (Å²) in [5.74, 6) is -1.89. The van der Waals surface area contributed by atoms with Crippen molar-refractivity contribution in [2.24, 2.45) is 5.10 Å². The molecule has 0 bridgehead atoms. The lowest BCUT2D eigenvalue weighted by molar-refractivity contribution is -0.136. The molecular weight excluding hydrogens is 446 g/mol. The molecule has 3 aromatic rings. The third kappa shape index (κ3) is 6.41. The highest BCUT2D eigenvalue weighted by molar-refractivity contribution is 6.41. The highest BCUT2D eigenvalue weighted by Crippen LogP contribution is 2.28. The second-order valence-electron chi connectivity index (χ2n) is 6.80. The van der Waals surface area contributed by atoms with Crippen LogP contribution < -0.4 is 20.2 Å². The van der Waals surface area contributed by atoms with Crippen molar-refractivity contribution in [2.45, 2.75) is 6.92 Å². The third-order valence-electron chi connectivity index (χ3n) is 4.35. The maximum absolute atomic E-state index is 12.4. The Labute approximate surface area is 195 Å². The summed E-state index contributed by atoms with van der Waals surface area (Å²) in [7, 11) is 1.43. The molecule has 0 heterocycles. The van der Waals surface area contributed by atoms with E-state index in [9.17, 15) is 14.4 Å². The van der Waals surface area contributed by atoms with Crippen LogP contribution in [0, 0.1) is 6.92 Å². The fourth-order valence-electron chi connectivity index (χ4n) is 2.74. The number of para-hydroxylation sites is 1. The number of methoxy groups -OCH3 is 1. The van der Waals surface area contributed by atoms with Crippen molar-refractivity contribution < 1.29 is 23.9 Å². The molecule has 0 unspecified atom stereocenters. The SMILES string of the molecule is COc1cc(/C=N/NC(=O)C(=O)Nc2ccccc2Cl)ccc1OC(=O)c1cccc(C)c1. The Morgan fingerprint density at radius 1 is 0.939 bits per heavy atom. The molecule has 0 aromatic heterocycles. The molecule has 0 aliphatic carbocycles.